The molecule has 0 fully saturated rings. The van der Waals surface area contributed by atoms with Crippen molar-refractivity contribution < 1.29 is 9.59 Å². The van der Waals surface area contributed by atoms with Crippen LogP contribution < -0.4 is 0 Å². The molecule has 2 aromatic rings. The number of hydrogen-bond donors (Lipinski definition) is 0. The molecule has 2 atom stereocenters. The summed E-state index contributed by atoms with van der Waals surface area (Å²) in [5.74, 6) is 0.264. The van der Waals surface area contributed by atoms with Crippen LogP contribution in [0.1, 0.15) is 71.4 Å². The Hall–Kier alpha value is -1.64. The van der Waals surface area contributed by atoms with E-state index in [1.807, 2.05) is 50.2 Å². The van der Waals surface area contributed by atoms with Crippen LogP contribution in [0, 0.1) is 0 Å². The number of fused-ring (bicyclic) bond motifs is 3. The molecule has 2 nitrogen and oxygen atoms in total. The molecule has 0 N–H and O–H groups in total. The van der Waals surface area contributed by atoms with Gasteiger partial charge in [0.05, 0.1) is 0 Å². The van der Waals surface area contributed by atoms with Gasteiger partial charge in [-0.25, -0.2) is 0 Å². The first-order valence-corrected chi connectivity index (χ1v) is 10.3. The molecule has 1 aliphatic rings. The number of benzene rings is 2. The third kappa shape index (κ3) is 4.80. The second kappa shape index (κ2) is 8.58. The molecule has 2 aromatic carbocycles. The number of carbonyl (C=O) groups is 2. The number of Topliss-reactive ketones (excluding diaryl/α,β-unsaturated/α-hetero) is 2. The van der Waals surface area contributed by atoms with Crippen LogP contribution in [-0.4, -0.2) is 22.3 Å². The Balaban J connectivity index is 1.77. The van der Waals surface area contributed by atoms with Gasteiger partial charge in [0, 0.05) is 34.7 Å². The van der Waals surface area contributed by atoms with Crippen molar-refractivity contribution in [3.8, 4) is 11.1 Å². The van der Waals surface area contributed by atoms with Crippen molar-refractivity contribution in [2.75, 3.05) is 0 Å². The molecule has 142 valence electrons. The predicted octanol–water partition coefficient (Wildman–Crippen LogP) is 6.44. The smallest absolute Gasteiger partial charge is 0.162 e. The summed E-state index contributed by atoms with van der Waals surface area (Å²) in [7, 11) is 0. The maximum atomic E-state index is 12.4. The second-order valence-corrected chi connectivity index (χ2v) is 8.90. The van der Waals surface area contributed by atoms with Gasteiger partial charge < -0.3 is 0 Å². The van der Waals surface area contributed by atoms with Crippen LogP contribution in [0.2, 0.25) is 0 Å². The predicted molar refractivity (Wildman–Crippen MR) is 112 cm³/mol. The van der Waals surface area contributed by atoms with Crippen LogP contribution >= 0.6 is 23.2 Å². The van der Waals surface area contributed by atoms with Crippen LogP contribution in [0.25, 0.3) is 11.1 Å². The van der Waals surface area contributed by atoms with Crippen molar-refractivity contribution in [3.63, 3.8) is 0 Å². The number of hydrogen-bond acceptors (Lipinski definition) is 2. The van der Waals surface area contributed by atoms with E-state index in [-0.39, 0.29) is 22.3 Å². The van der Waals surface area contributed by atoms with Gasteiger partial charge in [-0.3, -0.25) is 9.59 Å². The van der Waals surface area contributed by atoms with Crippen molar-refractivity contribution in [3.05, 3.63) is 58.7 Å². The summed E-state index contributed by atoms with van der Waals surface area (Å²) < 4.78 is 0. The van der Waals surface area contributed by atoms with E-state index in [9.17, 15) is 9.59 Å². The standard InChI is InChI=1S/C23H24Cl2O2/c1-14(24)3-9-22(26)16-5-7-20-18(11-16)13-19-12-17(6-8-21(19)20)23(27)10-4-15(2)25/h5-8,11-12,14-15H,3-4,9-10,13H2,1-2H3. The van der Waals surface area contributed by atoms with E-state index in [1.165, 1.54) is 0 Å². The molecular formula is C23H24Cl2O2. The third-order valence-corrected chi connectivity index (χ3v) is 5.50. The Labute approximate surface area is 170 Å². The van der Waals surface area contributed by atoms with Crippen molar-refractivity contribution in [1.29, 1.82) is 0 Å². The van der Waals surface area contributed by atoms with Crippen LogP contribution in [0.3, 0.4) is 0 Å². The summed E-state index contributed by atoms with van der Waals surface area (Å²) in [6, 6.07) is 11.8. The first kappa shape index (κ1) is 20.1. The van der Waals surface area contributed by atoms with Gasteiger partial charge in [-0.05, 0) is 67.5 Å². The van der Waals surface area contributed by atoms with Crippen molar-refractivity contribution in [1.82, 2.24) is 0 Å². The molecule has 2 unspecified atom stereocenters. The average Bonchev–Trinajstić information content (AvgIpc) is 3.00. The molecule has 0 amide bonds. The molecule has 1 aliphatic carbocycles. The van der Waals surface area contributed by atoms with Gasteiger partial charge in [-0.2, -0.15) is 0 Å². The van der Waals surface area contributed by atoms with Crippen LogP contribution in [0.15, 0.2) is 36.4 Å². The van der Waals surface area contributed by atoms with Gasteiger partial charge in [0.1, 0.15) is 0 Å². The summed E-state index contributed by atoms with van der Waals surface area (Å²) in [6.45, 7) is 3.81. The molecule has 3 rings (SSSR count). The molecule has 27 heavy (non-hydrogen) atoms. The molecule has 0 heterocycles. The second-order valence-electron chi connectivity index (χ2n) is 7.41. The molecule has 0 bridgehead atoms. The summed E-state index contributed by atoms with van der Waals surface area (Å²) in [4.78, 5) is 24.8. The highest BCUT2D eigenvalue weighted by molar-refractivity contribution is 6.20. The minimum atomic E-state index is 0.00498. The molecule has 0 saturated heterocycles. The minimum absolute atomic E-state index is 0.00498. The lowest BCUT2D eigenvalue weighted by molar-refractivity contribution is 0.0972. The third-order valence-electron chi connectivity index (χ3n) is 5.06. The molecule has 4 heteroatoms. The SMILES string of the molecule is CC(Cl)CCC(=O)c1ccc2c(c1)Cc1cc(C(=O)CCC(C)Cl)ccc1-2. The summed E-state index contributed by atoms with van der Waals surface area (Å²) in [5, 5.41) is 0.00996. The Morgan fingerprint density at radius 1 is 0.815 bits per heavy atom. The summed E-state index contributed by atoms with van der Waals surface area (Å²) in [6.07, 6.45) is 3.06. The molecule has 0 radical (unpaired) electrons. The average molecular weight is 403 g/mol. The van der Waals surface area contributed by atoms with E-state index in [0.717, 1.165) is 39.8 Å². The maximum Gasteiger partial charge on any atom is 0.162 e. The largest absolute Gasteiger partial charge is 0.294 e. The van der Waals surface area contributed by atoms with E-state index in [1.54, 1.807) is 0 Å². The Kier molecular flexibility index (Phi) is 6.39. The zero-order valence-corrected chi connectivity index (χ0v) is 17.2. The van der Waals surface area contributed by atoms with Gasteiger partial charge in [-0.15, -0.1) is 23.2 Å². The Morgan fingerprint density at radius 3 is 1.59 bits per heavy atom. The normalized spacial score (nSPS) is 14.4. The Morgan fingerprint density at radius 2 is 1.22 bits per heavy atom. The lowest BCUT2D eigenvalue weighted by Crippen LogP contribution is -2.03. The van der Waals surface area contributed by atoms with Crippen molar-refractivity contribution in [2.45, 2.75) is 56.7 Å². The number of rotatable bonds is 8. The van der Waals surface area contributed by atoms with E-state index in [4.69, 9.17) is 23.2 Å². The number of alkyl halides is 2. The highest BCUT2D eigenvalue weighted by Gasteiger charge is 2.21. The topological polar surface area (TPSA) is 34.1 Å². The van der Waals surface area contributed by atoms with Crippen molar-refractivity contribution in [2.24, 2.45) is 0 Å². The van der Waals surface area contributed by atoms with Gasteiger partial charge in [0.25, 0.3) is 0 Å². The van der Waals surface area contributed by atoms with Crippen LogP contribution in [-0.2, 0) is 6.42 Å². The maximum absolute atomic E-state index is 12.4. The fourth-order valence-electron chi connectivity index (χ4n) is 3.51. The summed E-state index contributed by atoms with van der Waals surface area (Å²) >= 11 is 11.9. The van der Waals surface area contributed by atoms with E-state index < -0.39 is 0 Å². The minimum Gasteiger partial charge on any atom is -0.294 e. The molecule has 0 spiro atoms. The number of ketones is 2. The quantitative estimate of drug-likeness (QED) is 0.320. The van der Waals surface area contributed by atoms with Crippen molar-refractivity contribution >= 4 is 34.8 Å². The number of carbonyl (C=O) groups excluding carboxylic acids is 2. The fourth-order valence-corrected chi connectivity index (χ4v) is 3.72. The van der Waals surface area contributed by atoms with Crippen LogP contribution in [0.5, 0.6) is 0 Å². The van der Waals surface area contributed by atoms with E-state index >= 15 is 0 Å². The van der Waals surface area contributed by atoms with Gasteiger partial charge in [0.2, 0.25) is 0 Å². The van der Waals surface area contributed by atoms with E-state index in [0.29, 0.717) is 25.7 Å². The zero-order chi connectivity index (χ0) is 19.6. The van der Waals surface area contributed by atoms with Gasteiger partial charge in [0.15, 0.2) is 11.6 Å². The highest BCUT2D eigenvalue weighted by Crippen LogP contribution is 2.38. The Bertz CT molecular complexity index is 797. The molecular weight excluding hydrogens is 379 g/mol. The lowest BCUT2D eigenvalue weighted by Gasteiger charge is -2.07. The van der Waals surface area contributed by atoms with Gasteiger partial charge >= 0.3 is 0 Å². The molecule has 0 aromatic heterocycles. The zero-order valence-electron chi connectivity index (χ0n) is 15.7. The summed E-state index contributed by atoms with van der Waals surface area (Å²) in [5.41, 5.74) is 6.08. The van der Waals surface area contributed by atoms with Crippen LogP contribution in [0.4, 0.5) is 0 Å². The highest BCUT2D eigenvalue weighted by atomic mass is 35.5. The van der Waals surface area contributed by atoms with E-state index in [2.05, 4.69) is 0 Å². The lowest BCUT2D eigenvalue weighted by atomic mass is 9.98. The number of halogens is 2. The van der Waals surface area contributed by atoms with Gasteiger partial charge in [-0.1, -0.05) is 24.3 Å². The monoisotopic (exact) mass is 402 g/mol. The molecule has 0 aliphatic heterocycles. The first-order chi connectivity index (χ1) is 12.8. The fraction of sp³-hybridized carbons (Fsp3) is 0.391. The molecule has 0 saturated carbocycles. The first-order valence-electron chi connectivity index (χ1n) is 9.46.